The molecule has 0 radical (unpaired) electrons. The SMILES string of the molecule is C#CCCC1(CCN2CC(S(N)(=O)=O)C2)N=N1.Cl.NS(=O)(=O)C1CNC1. The highest BCUT2D eigenvalue weighted by Gasteiger charge is 2.41. The van der Waals surface area contributed by atoms with Gasteiger partial charge in [-0.2, -0.15) is 10.2 Å². The topological polar surface area (TPSA) is 160 Å². The molecule has 10 nitrogen and oxygen atoms in total. The number of hydrogen-bond donors (Lipinski definition) is 3. The number of rotatable bonds is 7. The summed E-state index contributed by atoms with van der Waals surface area (Å²) in [4.78, 5) is 2.05. The summed E-state index contributed by atoms with van der Waals surface area (Å²) < 4.78 is 42.7. The van der Waals surface area contributed by atoms with E-state index in [0.29, 0.717) is 32.6 Å². The molecule has 0 unspecified atom stereocenters. The van der Waals surface area contributed by atoms with E-state index < -0.39 is 25.3 Å². The fourth-order valence-corrected chi connectivity index (χ4v) is 3.95. The second-order valence-corrected chi connectivity index (χ2v) is 10.2. The van der Waals surface area contributed by atoms with Crippen molar-refractivity contribution < 1.29 is 16.8 Å². The highest BCUT2D eigenvalue weighted by atomic mass is 35.5. The Morgan fingerprint density at radius 2 is 1.62 bits per heavy atom. The minimum absolute atomic E-state index is 0. The van der Waals surface area contributed by atoms with E-state index in [-0.39, 0.29) is 23.3 Å². The van der Waals surface area contributed by atoms with Crippen molar-refractivity contribution in [2.75, 3.05) is 32.7 Å². The summed E-state index contributed by atoms with van der Waals surface area (Å²) in [6.07, 6.45) is 7.47. The van der Waals surface area contributed by atoms with Crippen molar-refractivity contribution in [3.05, 3.63) is 0 Å². The van der Waals surface area contributed by atoms with Gasteiger partial charge >= 0.3 is 0 Å². The molecule has 0 saturated carbocycles. The number of terminal acetylenes is 1. The number of primary sulfonamides is 2. The van der Waals surface area contributed by atoms with Crippen LogP contribution in [0.5, 0.6) is 0 Å². The summed E-state index contributed by atoms with van der Waals surface area (Å²) in [5.74, 6) is 2.58. The Bertz CT molecular complexity index is 748. The fraction of sp³-hybridized carbons (Fsp3) is 0.846. The van der Waals surface area contributed by atoms with Crippen LogP contribution in [0.25, 0.3) is 0 Å². The van der Waals surface area contributed by atoms with Crippen LogP contribution in [0, 0.1) is 12.3 Å². The summed E-state index contributed by atoms with van der Waals surface area (Å²) in [7, 11) is -6.60. The van der Waals surface area contributed by atoms with E-state index in [0.717, 1.165) is 19.4 Å². The van der Waals surface area contributed by atoms with Crippen LogP contribution in [-0.4, -0.2) is 70.6 Å². The average Bonchev–Trinajstić information content (AvgIpc) is 3.10. The maximum Gasteiger partial charge on any atom is 0.214 e. The van der Waals surface area contributed by atoms with E-state index in [1.807, 2.05) is 0 Å². The van der Waals surface area contributed by atoms with Gasteiger partial charge in [-0.25, -0.2) is 27.1 Å². The first-order chi connectivity index (χ1) is 11.6. The molecule has 3 aliphatic rings. The van der Waals surface area contributed by atoms with Crippen molar-refractivity contribution in [3.8, 4) is 12.3 Å². The lowest BCUT2D eigenvalue weighted by Gasteiger charge is -2.37. The highest BCUT2D eigenvalue weighted by Crippen LogP contribution is 2.37. The third-order valence-corrected chi connectivity index (χ3v) is 6.97. The molecule has 0 aromatic rings. The van der Waals surface area contributed by atoms with Gasteiger partial charge in [-0.05, 0) is 0 Å². The molecule has 0 aromatic heterocycles. The van der Waals surface area contributed by atoms with Gasteiger partial charge in [0.1, 0.15) is 5.25 Å². The molecule has 0 amide bonds. The van der Waals surface area contributed by atoms with Crippen LogP contribution in [-0.2, 0) is 20.0 Å². The first-order valence-corrected chi connectivity index (χ1v) is 11.1. The van der Waals surface area contributed by atoms with E-state index in [4.69, 9.17) is 16.7 Å². The molecule has 2 saturated heterocycles. The molecule has 0 aliphatic carbocycles. The number of nitrogens with one attached hydrogen (secondary N) is 1. The van der Waals surface area contributed by atoms with Gasteiger partial charge in [-0.3, -0.25) is 0 Å². The van der Waals surface area contributed by atoms with Crippen molar-refractivity contribution in [1.82, 2.24) is 10.2 Å². The summed E-state index contributed by atoms with van der Waals surface area (Å²) in [6, 6.07) is 0. The van der Waals surface area contributed by atoms with Crippen molar-refractivity contribution >= 4 is 32.5 Å². The molecule has 0 aromatic carbocycles. The normalized spacial score (nSPS) is 22.0. The molecular weight excluding hydrogens is 404 g/mol. The molecule has 3 heterocycles. The van der Waals surface area contributed by atoms with Crippen molar-refractivity contribution in [1.29, 1.82) is 0 Å². The lowest BCUT2D eigenvalue weighted by atomic mass is 10.0. The predicted octanol–water partition coefficient (Wildman–Crippen LogP) is -1.41. The Hall–Kier alpha value is -0.810. The maximum atomic E-state index is 11.0. The van der Waals surface area contributed by atoms with Crippen molar-refractivity contribution in [2.24, 2.45) is 20.5 Å². The fourth-order valence-electron chi connectivity index (χ4n) is 2.41. The summed E-state index contributed by atoms with van der Waals surface area (Å²) in [5.41, 5.74) is -0.279. The third kappa shape index (κ3) is 6.73. The Morgan fingerprint density at radius 1 is 1.08 bits per heavy atom. The number of hydrogen-bond acceptors (Lipinski definition) is 8. The average molecular weight is 429 g/mol. The number of sulfonamides is 2. The van der Waals surface area contributed by atoms with Crippen LogP contribution >= 0.6 is 12.4 Å². The first-order valence-electron chi connectivity index (χ1n) is 7.89. The molecule has 0 atom stereocenters. The molecule has 5 N–H and O–H groups in total. The molecule has 26 heavy (non-hydrogen) atoms. The Morgan fingerprint density at radius 3 is 1.92 bits per heavy atom. The van der Waals surface area contributed by atoms with Crippen LogP contribution in [0.15, 0.2) is 10.2 Å². The third-order valence-electron chi connectivity index (χ3n) is 4.48. The minimum Gasteiger partial charge on any atom is -0.314 e. The zero-order valence-electron chi connectivity index (χ0n) is 14.2. The quantitative estimate of drug-likeness (QED) is 0.422. The van der Waals surface area contributed by atoms with Gasteiger partial charge in [0.15, 0.2) is 5.66 Å². The molecule has 3 rings (SSSR count). The molecular formula is C13H25ClN6O4S2. The summed E-state index contributed by atoms with van der Waals surface area (Å²) in [6.45, 7) is 2.86. The van der Waals surface area contributed by atoms with E-state index in [1.54, 1.807) is 0 Å². The lowest BCUT2D eigenvalue weighted by molar-refractivity contribution is 0.174. The van der Waals surface area contributed by atoms with Crippen LogP contribution in [0.1, 0.15) is 19.3 Å². The monoisotopic (exact) mass is 428 g/mol. The Balaban J connectivity index is 0.000000318. The number of halogens is 1. The molecule has 13 heteroatoms. The smallest absolute Gasteiger partial charge is 0.214 e. The molecule has 0 bridgehead atoms. The number of nitrogens with zero attached hydrogens (tertiary/aromatic N) is 3. The van der Waals surface area contributed by atoms with E-state index >= 15 is 0 Å². The predicted molar refractivity (Wildman–Crippen MR) is 101 cm³/mol. The van der Waals surface area contributed by atoms with E-state index in [1.165, 1.54) is 0 Å². The highest BCUT2D eigenvalue weighted by molar-refractivity contribution is 7.90. The molecule has 3 aliphatic heterocycles. The van der Waals surface area contributed by atoms with Crippen LogP contribution in [0.3, 0.4) is 0 Å². The Kier molecular flexibility index (Phi) is 7.97. The van der Waals surface area contributed by atoms with Gasteiger partial charge in [0.25, 0.3) is 0 Å². The zero-order valence-corrected chi connectivity index (χ0v) is 16.7. The standard InChI is InChI=1S/C10H16N4O2S.C3H8N2O2S.ClH/c1-2-3-4-10(12-13-10)5-6-14-7-9(8-14)17(11,15)16;4-8(6,7)3-1-5-2-3;/h1,9H,3-8H2,(H2,11,15,16);3,5H,1-2H2,(H2,4,6,7);1H. The first kappa shape index (κ1) is 23.2. The van der Waals surface area contributed by atoms with Crippen LogP contribution in [0.2, 0.25) is 0 Å². The Labute approximate surface area is 160 Å². The van der Waals surface area contributed by atoms with Crippen LogP contribution < -0.4 is 15.6 Å². The van der Waals surface area contributed by atoms with Gasteiger partial charge in [0.05, 0.1) is 5.25 Å². The number of nitrogens with two attached hydrogens (primary N) is 2. The number of likely N-dealkylation sites (tertiary alicyclic amines) is 1. The second kappa shape index (κ2) is 8.92. The van der Waals surface area contributed by atoms with Gasteiger partial charge < -0.3 is 10.2 Å². The van der Waals surface area contributed by atoms with Gasteiger partial charge in [-0.1, -0.05) is 0 Å². The van der Waals surface area contributed by atoms with Crippen molar-refractivity contribution in [2.45, 2.75) is 35.4 Å². The zero-order chi connectivity index (χ0) is 18.7. The van der Waals surface area contributed by atoms with Crippen molar-refractivity contribution in [3.63, 3.8) is 0 Å². The van der Waals surface area contributed by atoms with E-state index in [2.05, 4.69) is 26.4 Å². The van der Waals surface area contributed by atoms with Crippen LogP contribution in [0.4, 0.5) is 0 Å². The lowest BCUT2D eigenvalue weighted by Crippen LogP contribution is -2.56. The van der Waals surface area contributed by atoms with E-state index in [9.17, 15) is 16.8 Å². The summed E-state index contributed by atoms with van der Waals surface area (Å²) in [5, 5.41) is 20.0. The molecule has 2 fully saturated rings. The molecule has 150 valence electrons. The molecule has 0 spiro atoms. The summed E-state index contributed by atoms with van der Waals surface area (Å²) >= 11 is 0. The largest absolute Gasteiger partial charge is 0.314 e. The van der Waals surface area contributed by atoms with Gasteiger partial charge in [0.2, 0.25) is 20.0 Å². The minimum atomic E-state index is -3.37. The second-order valence-electron chi connectivity index (χ2n) is 6.48. The maximum absolute atomic E-state index is 11.0. The van der Waals surface area contributed by atoms with Gasteiger partial charge in [-0.15, -0.1) is 24.8 Å². The van der Waals surface area contributed by atoms with Gasteiger partial charge in [0, 0.05) is 52.0 Å².